The first-order valence-electron chi connectivity index (χ1n) is 4.25. The second-order valence-corrected chi connectivity index (χ2v) is 3.06. The molecule has 0 amide bonds. The van der Waals surface area contributed by atoms with Crippen LogP contribution in [-0.2, 0) is 6.42 Å². The van der Waals surface area contributed by atoms with Crippen LogP contribution in [0.15, 0.2) is 12.1 Å². The fourth-order valence-electron chi connectivity index (χ4n) is 1.36. The molecule has 0 bridgehead atoms. The molecule has 14 heavy (non-hydrogen) atoms. The number of fused-ring (bicyclic) bond motifs is 1. The Hall–Kier alpha value is -1.62. The van der Waals surface area contributed by atoms with E-state index in [1.807, 2.05) is 0 Å². The lowest BCUT2D eigenvalue weighted by atomic mass is 10.1. The Labute approximate surface area is 80.0 Å². The summed E-state index contributed by atoms with van der Waals surface area (Å²) in [7, 11) is 0. The van der Waals surface area contributed by atoms with Gasteiger partial charge in [-0.1, -0.05) is 0 Å². The average Bonchev–Trinajstić information content (AvgIpc) is 2.16. The minimum atomic E-state index is -1.06. The van der Waals surface area contributed by atoms with Crippen molar-refractivity contribution in [3.05, 3.63) is 23.5 Å². The van der Waals surface area contributed by atoms with Crippen LogP contribution < -0.4 is 4.74 Å². The molecule has 0 unspecified atom stereocenters. The number of carboxylic acid groups (broad SMARTS) is 1. The van der Waals surface area contributed by atoms with E-state index in [9.17, 15) is 4.79 Å². The lowest BCUT2D eigenvalue weighted by molar-refractivity contribution is -0.0325. The van der Waals surface area contributed by atoms with Crippen LogP contribution in [0.25, 0.3) is 0 Å². The van der Waals surface area contributed by atoms with Gasteiger partial charge in [0.1, 0.15) is 11.4 Å². The fourth-order valence-corrected chi connectivity index (χ4v) is 1.36. The molecule has 5 nitrogen and oxygen atoms in total. The van der Waals surface area contributed by atoms with Crippen molar-refractivity contribution in [3.63, 3.8) is 0 Å². The topological polar surface area (TPSA) is 79.7 Å². The van der Waals surface area contributed by atoms with Crippen LogP contribution in [0.2, 0.25) is 0 Å². The van der Waals surface area contributed by atoms with Gasteiger partial charge in [0.15, 0.2) is 6.29 Å². The van der Waals surface area contributed by atoms with E-state index in [4.69, 9.17) is 14.9 Å². The summed E-state index contributed by atoms with van der Waals surface area (Å²) in [5.41, 5.74) is 0.596. The van der Waals surface area contributed by atoms with Gasteiger partial charge in [0.05, 0.1) is 5.69 Å². The van der Waals surface area contributed by atoms with E-state index in [0.29, 0.717) is 24.3 Å². The molecule has 0 aromatic carbocycles. The van der Waals surface area contributed by atoms with Gasteiger partial charge < -0.3 is 14.9 Å². The third-order valence-corrected chi connectivity index (χ3v) is 2.04. The Balaban J connectivity index is 2.36. The Morgan fingerprint density at radius 2 is 2.36 bits per heavy atom. The van der Waals surface area contributed by atoms with Crippen molar-refractivity contribution in [3.8, 4) is 5.75 Å². The minimum absolute atomic E-state index is 0.00346. The maximum Gasteiger partial charge on any atom is 0.354 e. The monoisotopic (exact) mass is 195 g/mol. The van der Waals surface area contributed by atoms with E-state index in [2.05, 4.69) is 4.98 Å². The predicted molar refractivity (Wildman–Crippen MR) is 46.2 cm³/mol. The number of aliphatic hydroxyl groups is 1. The highest BCUT2D eigenvalue weighted by atomic mass is 16.6. The van der Waals surface area contributed by atoms with Crippen LogP contribution in [0.3, 0.4) is 0 Å². The summed E-state index contributed by atoms with van der Waals surface area (Å²) in [6.07, 6.45) is 0.181. The molecular weight excluding hydrogens is 186 g/mol. The summed E-state index contributed by atoms with van der Waals surface area (Å²) in [5.74, 6) is -0.590. The number of carboxylic acids is 1. The number of hydrogen-bond donors (Lipinski definition) is 2. The fraction of sp³-hybridized carbons (Fsp3) is 0.333. The molecule has 0 saturated carbocycles. The summed E-state index contributed by atoms with van der Waals surface area (Å²) < 4.78 is 5.07. The molecule has 0 spiro atoms. The van der Waals surface area contributed by atoms with Crippen molar-refractivity contribution in [1.29, 1.82) is 0 Å². The molecule has 5 heteroatoms. The van der Waals surface area contributed by atoms with Crippen LogP contribution >= 0.6 is 0 Å². The van der Waals surface area contributed by atoms with E-state index in [0.717, 1.165) is 0 Å². The summed E-state index contributed by atoms with van der Waals surface area (Å²) in [4.78, 5) is 14.5. The zero-order valence-electron chi connectivity index (χ0n) is 7.30. The highest BCUT2D eigenvalue weighted by Gasteiger charge is 2.19. The van der Waals surface area contributed by atoms with Gasteiger partial charge in [-0.25, -0.2) is 9.78 Å². The molecule has 1 aliphatic heterocycles. The molecule has 2 heterocycles. The van der Waals surface area contributed by atoms with Crippen molar-refractivity contribution >= 4 is 5.97 Å². The normalized spacial score (nSPS) is 19.6. The predicted octanol–water partition coefficient (Wildman–Crippen LogP) is 0.423. The first-order chi connectivity index (χ1) is 6.66. The summed E-state index contributed by atoms with van der Waals surface area (Å²) in [6, 6.07) is 2.88. The molecule has 0 radical (unpaired) electrons. The molecule has 1 aliphatic rings. The van der Waals surface area contributed by atoms with Gasteiger partial charge in [-0.15, -0.1) is 0 Å². The number of aryl methyl sites for hydroxylation is 1. The molecule has 2 N–H and O–H groups in total. The number of aromatic nitrogens is 1. The Bertz CT molecular complexity index is 377. The molecule has 1 atom stereocenters. The number of ether oxygens (including phenoxy) is 1. The van der Waals surface area contributed by atoms with Crippen LogP contribution in [0.5, 0.6) is 5.75 Å². The summed E-state index contributed by atoms with van der Waals surface area (Å²) in [5, 5.41) is 17.9. The van der Waals surface area contributed by atoms with E-state index in [1.54, 1.807) is 0 Å². The van der Waals surface area contributed by atoms with Gasteiger partial charge in [-0.3, -0.25) is 0 Å². The van der Waals surface area contributed by atoms with E-state index < -0.39 is 12.3 Å². The van der Waals surface area contributed by atoms with Crippen molar-refractivity contribution < 1.29 is 19.7 Å². The number of rotatable bonds is 1. The smallest absolute Gasteiger partial charge is 0.354 e. The number of aliphatic hydroxyl groups excluding tert-OH is 1. The minimum Gasteiger partial charge on any atom is -0.477 e. The Kier molecular flexibility index (Phi) is 2.09. The van der Waals surface area contributed by atoms with Crippen LogP contribution in [0.4, 0.5) is 0 Å². The second kappa shape index (κ2) is 3.26. The van der Waals surface area contributed by atoms with Crippen molar-refractivity contribution in [2.75, 3.05) is 0 Å². The summed E-state index contributed by atoms with van der Waals surface area (Å²) in [6.45, 7) is 0. The number of nitrogens with zero attached hydrogens (tertiary/aromatic N) is 1. The van der Waals surface area contributed by atoms with Crippen LogP contribution in [-0.4, -0.2) is 27.5 Å². The van der Waals surface area contributed by atoms with Gasteiger partial charge in [0, 0.05) is 6.42 Å². The highest BCUT2D eigenvalue weighted by Crippen LogP contribution is 2.25. The number of aromatic carboxylic acids is 1. The lowest BCUT2D eigenvalue weighted by Gasteiger charge is -2.21. The zero-order chi connectivity index (χ0) is 10.1. The van der Waals surface area contributed by atoms with Crippen molar-refractivity contribution in [2.24, 2.45) is 0 Å². The first-order valence-corrected chi connectivity index (χ1v) is 4.25. The molecular formula is C9H9NO4. The maximum absolute atomic E-state index is 10.6. The van der Waals surface area contributed by atoms with E-state index in [-0.39, 0.29) is 5.69 Å². The molecule has 0 aliphatic carbocycles. The molecule has 0 fully saturated rings. The van der Waals surface area contributed by atoms with E-state index in [1.165, 1.54) is 12.1 Å². The number of hydrogen-bond acceptors (Lipinski definition) is 4. The average molecular weight is 195 g/mol. The van der Waals surface area contributed by atoms with Crippen molar-refractivity contribution in [2.45, 2.75) is 19.1 Å². The quantitative estimate of drug-likeness (QED) is 0.679. The van der Waals surface area contributed by atoms with E-state index >= 15 is 0 Å². The molecule has 1 aromatic rings. The highest BCUT2D eigenvalue weighted by molar-refractivity contribution is 5.85. The third kappa shape index (κ3) is 1.54. The molecule has 0 saturated heterocycles. The van der Waals surface area contributed by atoms with Crippen molar-refractivity contribution in [1.82, 2.24) is 4.98 Å². The molecule has 1 aromatic heterocycles. The first kappa shape index (κ1) is 8.96. The third-order valence-electron chi connectivity index (χ3n) is 2.04. The molecule has 74 valence electrons. The number of carbonyl (C=O) groups is 1. The van der Waals surface area contributed by atoms with Gasteiger partial charge in [0.2, 0.25) is 0 Å². The van der Waals surface area contributed by atoms with Gasteiger partial charge >= 0.3 is 5.97 Å². The Morgan fingerprint density at radius 3 is 3.07 bits per heavy atom. The standard InChI is InChI=1S/C9H9NO4/c11-8-4-2-5-7(14-8)3-1-6(10-5)9(12)13/h1,3,8,11H,2,4H2,(H,12,13)/t8-/m0/s1. The molecule has 2 rings (SSSR count). The maximum atomic E-state index is 10.6. The van der Waals surface area contributed by atoms with Gasteiger partial charge in [-0.05, 0) is 18.6 Å². The van der Waals surface area contributed by atoms with Crippen LogP contribution in [0, 0.1) is 0 Å². The lowest BCUT2D eigenvalue weighted by Crippen LogP contribution is -2.23. The van der Waals surface area contributed by atoms with Gasteiger partial charge in [-0.2, -0.15) is 0 Å². The SMILES string of the molecule is O=C(O)c1ccc2c(n1)CC[C@@H](O)O2. The van der Waals surface area contributed by atoms with Crippen LogP contribution in [0.1, 0.15) is 22.6 Å². The zero-order valence-corrected chi connectivity index (χ0v) is 7.30. The Morgan fingerprint density at radius 1 is 1.57 bits per heavy atom. The van der Waals surface area contributed by atoms with Gasteiger partial charge in [0.25, 0.3) is 0 Å². The summed E-state index contributed by atoms with van der Waals surface area (Å²) >= 11 is 0. The second-order valence-electron chi connectivity index (χ2n) is 3.06. The largest absolute Gasteiger partial charge is 0.477 e. The number of pyridine rings is 1.